The molecule has 0 aromatic rings. The van der Waals surface area contributed by atoms with Crippen molar-refractivity contribution in [3.63, 3.8) is 0 Å². The van der Waals surface area contributed by atoms with E-state index < -0.39 is 0 Å². The van der Waals surface area contributed by atoms with Crippen LogP contribution >= 0.6 is 0 Å². The third kappa shape index (κ3) is 4.55. The van der Waals surface area contributed by atoms with Gasteiger partial charge in [-0.2, -0.15) is 0 Å². The molecule has 0 aliphatic heterocycles. The van der Waals surface area contributed by atoms with Crippen LogP contribution in [0.25, 0.3) is 0 Å². The van der Waals surface area contributed by atoms with Crippen LogP contribution in [0.2, 0.25) is 0 Å². The first-order valence-electron chi connectivity index (χ1n) is 7.04. The van der Waals surface area contributed by atoms with Gasteiger partial charge in [-0.1, -0.05) is 46.5 Å². The second kappa shape index (κ2) is 7.27. The monoisotopic (exact) mass is 211 g/mol. The molecular formula is C14H29N. The molecular weight excluding hydrogens is 182 g/mol. The molecule has 0 spiro atoms. The summed E-state index contributed by atoms with van der Waals surface area (Å²) in [5.74, 6) is 0.887. The molecule has 0 radical (unpaired) electrons. The maximum absolute atomic E-state index is 3.90. The molecule has 0 saturated heterocycles. The van der Waals surface area contributed by atoms with Crippen molar-refractivity contribution in [2.24, 2.45) is 5.92 Å². The molecule has 0 bridgehead atoms. The first-order valence-corrected chi connectivity index (χ1v) is 7.04. The summed E-state index contributed by atoms with van der Waals surface area (Å²) in [4.78, 5) is 0. The molecule has 3 atom stereocenters. The lowest BCUT2D eigenvalue weighted by atomic mass is 9.95. The van der Waals surface area contributed by atoms with Gasteiger partial charge in [0.1, 0.15) is 0 Å². The molecule has 1 fully saturated rings. The maximum atomic E-state index is 3.90. The molecule has 1 nitrogen and oxygen atoms in total. The van der Waals surface area contributed by atoms with Crippen molar-refractivity contribution >= 4 is 0 Å². The van der Waals surface area contributed by atoms with E-state index in [1.807, 2.05) is 0 Å². The van der Waals surface area contributed by atoms with E-state index in [-0.39, 0.29) is 0 Å². The second-order valence-corrected chi connectivity index (χ2v) is 5.28. The van der Waals surface area contributed by atoms with E-state index in [0.29, 0.717) is 0 Å². The minimum absolute atomic E-state index is 0.764. The second-order valence-electron chi connectivity index (χ2n) is 5.28. The lowest BCUT2D eigenvalue weighted by Gasteiger charge is -2.28. The Morgan fingerprint density at radius 3 is 2.53 bits per heavy atom. The molecule has 90 valence electrons. The van der Waals surface area contributed by atoms with Gasteiger partial charge in [0.2, 0.25) is 0 Å². The van der Waals surface area contributed by atoms with E-state index in [4.69, 9.17) is 0 Å². The van der Waals surface area contributed by atoms with Crippen molar-refractivity contribution < 1.29 is 0 Å². The number of nitrogens with one attached hydrogen (secondary N) is 1. The Morgan fingerprint density at radius 2 is 1.87 bits per heavy atom. The average molecular weight is 211 g/mol. The number of hydrogen-bond donors (Lipinski definition) is 1. The Labute approximate surface area is 96.0 Å². The molecule has 0 aromatic carbocycles. The van der Waals surface area contributed by atoms with Crippen molar-refractivity contribution in [2.75, 3.05) is 0 Å². The van der Waals surface area contributed by atoms with Crippen molar-refractivity contribution in [3.05, 3.63) is 0 Å². The van der Waals surface area contributed by atoms with Gasteiger partial charge in [-0.3, -0.25) is 0 Å². The predicted octanol–water partition coefficient (Wildman–Crippen LogP) is 4.12. The van der Waals surface area contributed by atoms with E-state index in [1.165, 1.54) is 51.4 Å². The van der Waals surface area contributed by atoms with E-state index in [2.05, 4.69) is 26.1 Å². The van der Waals surface area contributed by atoms with Gasteiger partial charge < -0.3 is 5.32 Å². The Bertz CT molecular complexity index is 155. The first kappa shape index (κ1) is 13.0. The third-order valence-corrected chi connectivity index (χ3v) is 3.94. The predicted molar refractivity (Wildman–Crippen MR) is 68.2 cm³/mol. The van der Waals surface area contributed by atoms with Crippen molar-refractivity contribution in [1.29, 1.82) is 0 Å². The summed E-state index contributed by atoms with van der Waals surface area (Å²) >= 11 is 0. The van der Waals surface area contributed by atoms with Gasteiger partial charge in [0.05, 0.1) is 0 Å². The zero-order valence-electron chi connectivity index (χ0n) is 10.9. The fourth-order valence-electron chi connectivity index (χ4n) is 2.80. The molecule has 0 heterocycles. The van der Waals surface area contributed by atoms with E-state index in [0.717, 1.165) is 18.0 Å². The van der Waals surface area contributed by atoms with Crippen LogP contribution in [-0.2, 0) is 0 Å². The smallest absolute Gasteiger partial charge is 0.00952 e. The summed E-state index contributed by atoms with van der Waals surface area (Å²) in [5.41, 5.74) is 0. The fourth-order valence-corrected chi connectivity index (χ4v) is 2.80. The van der Waals surface area contributed by atoms with Gasteiger partial charge in [-0.25, -0.2) is 0 Å². The lowest BCUT2D eigenvalue weighted by Crippen LogP contribution is -2.41. The van der Waals surface area contributed by atoms with Gasteiger partial charge in [0.25, 0.3) is 0 Å². The highest BCUT2D eigenvalue weighted by Gasteiger charge is 2.21. The van der Waals surface area contributed by atoms with Crippen LogP contribution in [0.4, 0.5) is 0 Å². The highest BCUT2D eigenvalue weighted by atomic mass is 15.0. The lowest BCUT2D eigenvalue weighted by molar-refractivity contribution is 0.306. The van der Waals surface area contributed by atoms with Gasteiger partial charge in [0.15, 0.2) is 0 Å². The Hall–Kier alpha value is -0.0400. The van der Waals surface area contributed by atoms with Crippen LogP contribution in [0.1, 0.15) is 72.1 Å². The average Bonchev–Trinajstić information content (AvgIpc) is 2.43. The Balaban J connectivity index is 2.38. The SMILES string of the molecule is CCCC(CC)NC1CCCCCC1C. The van der Waals surface area contributed by atoms with Crippen LogP contribution in [-0.4, -0.2) is 12.1 Å². The van der Waals surface area contributed by atoms with Gasteiger partial charge in [0, 0.05) is 12.1 Å². The maximum Gasteiger partial charge on any atom is 0.00952 e. The van der Waals surface area contributed by atoms with Crippen LogP contribution in [0, 0.1) is 5.92 Å². The molecule has 1 aliphatic carbocycles. The van der Waals surface area contributed by atoms with Gasteiger partial charge in [-0.15, -0.1) is 0 Å². The Morgan fingerprint density at radius 1 is 1.13 bits per heavy atom. The summed E-state index contributed by atoms with van der Waals surface area (Å²) in [5, 5.41) is 3.90. The fraction of sp³-hybridized carbons (Fsp3) is 1.00. The van der Waals surface area contributed by atoms with Crippen LogP contribution in [0.15, 0.2) is 0 Å². The van der Waals surface area contributed by atoms with Crippen LogP contribution < -0.4 is 5.32 Å². The molecule has 3 unspecified atom stereocenters. The minimum Gasteiger partial charge on any atom is -0.311 e. The quantitative estimate of drug-likeness (QED) is 0.674. The highest BCUT2D eigenvalue weighted by Crippen LogP contribution is 2.23. The summed E-state index contributed by atoms with van der Waals surface area (Å²) in [6, 6.07) is 1.56. The molecule has 1 N–H and O–H groups in total. The molecule has 1 saturated carbocycles. The number of rotatable bonds is 5. The molecule has 0 amide bonds. The Kier molecular flexibility index (Phi) is 6.31. The largest absolute Gasteiger partial charge is 0.311 e. The van der Waals surface area contributed by atoms with Crippen molar-refractivity contribution in [2.45, 2.75) is 84.2 Å². The summed E-state index contributed by atoms with van der Waals surface area (Å²) < 4.78 is 0. The van der Waals surface area contributed by atoms with Crippen LogP contribution in [0.3, 0.4) is 0 Å². The molecule has 1 aliphatic rings. The molecule has 0 aromatic heterocycles. The molecule has 15 heavy (non-hydrogen) atoms. The van der Waals surface area contributed by atoms with Crippen molar-refractivity contribution in [3.8, 4) is 0 Å². The van der Waals surface area contributed by atoms with E-state index in [9.17, 15) is 0 Å². The molecule has 1 rings (SSSR count). The normalized spacial score (nSPS) is 29.8. The third-order valence-electron chi connectivity index (χ3n) is 3.94. The zero-order chi connectivity index (χ0) is 11.1. The van der Waals surface area contributed by atoms with Crippen LogP contribution in [0.5, 0.6) is 0 Å². The summed E-state index contributed by atoms with van der Waals surface area (Å²) in [6.45, 7) is 7.04. The number of hydrogen-bond acceptors (Lipinski definition) is 1. The van der Waals surface area contributed by atoms with Gasteiger partial charge >= 0.3 is 0 Å². The summed E-state index contributed by atoms with van der Waals surface area (Å²) in [7, 11) is 0. The minimum atomic E-state index is 0.764. The van der Waals surface area contributed by atoms with E-state index >= 15 is 0 Å². The van der Waals surface area contributed by atoms with E-state index in [1.54, 1.807) is 0 Å². The van der Waals surface area contributed by atoms with Crippen molar-refractivity contribution in [1.82, 2.24) is 5.32 Å². The highest BCUT2D eigenvalue weighted by molar-refractivity contribution is 4.80. The first-order chi connectivity index (χ1) is 7.27. The summed E-state index contributed by atoms with van der Waals surface area (Å²) in [6.07, 6.45) is 11.1. The standard InChI is InChI=1S/C14H29N/c1-4-9-13(5-2)15-14-11-8-6-7-10-12(14)3/h12-15H,4-11H2,1-3H3. The topological polar surface area (TPSA) is 12.0 Å². The molecule has 1 heteroatoms. The zero-order valence-corrected chi connectivity index (χ0v) is 10.9. The van der Waals surface area contributed by atoms with Gasteiger partial charge in [-0.05, 0) is 31.6 Å².